The van der Waals surface area contributed by atoms with Crippen LogP contribution in [0.4, 0.5) is 4.39 Å². The van der Waals surface area contributed by atoms with Crippen LogP contribution in [0.1, 0.15) is 5.56 Å². The smallest absolute Gasteiger partial charge is 0.257 e. The molecular weight excluding hydrogens is 321 g/mol. The van der Waals surface area contributed by atoms with Crippen molar-refractivity contribution in [2.75, 3.05) is 13.2 Å². The minimum absolute atomic E-state index is 0.0711. The van der Waals surface area contributed by atoms with Crippen molar-refractivity contribution in [3.8, 4) is 11.4 Å². The predicted octanol–water partition coefficient (Wildman–Crippen LogP) is 2.75. The van der Waals surface area contributed by atoms with Crippen LogP contribution in [0.3, 0.4) is 0 Å². The summed E-state index contributed by atoms with van der Waals surface area (Å²) >= 11 is 0. The molecule has 3 aromatic rings. The van der Waals surface area contributed by atoms with Crippen molar-refractivity contribution in [3.63, 3.8) is 0 Å². The minimum atomic E-state index is -0.483. The van der Waals surface area contributed by atoms with E-state index in [0.29, 0.717) is 13.0 Å². The third-order valence-corrected chi connectivity index (χ3v) is 3.59. The molecule has 6 heteroatoms. The van der Waals surface area contributed by atoms with Crippen LogP contribution >= 0.6 is 0 Å². The Kier molecular flexibility index (Phi) is 5.41. The molecule has 2 aromatic carbocycles. The first-order valence-corrected chi connectivity index (χ1v) is 7.95. The number of nitrogens with one attached hydrogen (secondary N) is 1. The van der Waals surface area contributed by atoms with Crippen molar-refractivity contribution in [2.24, 2.45) is 0 Å². The fourth-order valence-corrected chi connectivity index (χ4v) is 2.31. The van der Waals surface area contributed by atoms with Crippen molar-refractivity contribution in [1.82, 2.24) is 15.1 Å². The molecule has 0 saturated carbocycles. The summed E-state index contributed by atoms with van der Waals surface area (Å²) in [5.74, 6) is -0.705. The molecule has 0 atom stereocenters. The summed E-state index contributed by atoms with van der Waals surface area (Å²) in [5, 5.41) is 7.05. The number of carbonyl (C=O) groups is 1. The van der Waals surface area contributed by atoms with Crippen molar-refractivity contribution < 1.29 is 13.9 Å². The molecule has 0 unspecified atom stereocenters. The summed E-state index contributed by atoms with van der Waals surface area (Å²) in [6.45, 7) is 0.240. The molecule has 1 aromatic heterocycles. The number of ether oxygens (including phenoxy) is 1. The number of aromatic nitrogens is 2. The molecule has 0 saturated heterocycles. The Balaban J connectivity index is 1.43. The van der Waals surface area contributed by atoms with Crippen LogP contribution < -0.4 is 10.1 Å². The van der Waals surface area contributed by atoms with Gasteiger partial charge in [0.05, 0.1) is 11.9 Å². The van der Waals surface area contributed by atoms with Crippen molar-refractivity contribution in [2.45, 2.75) is 6.42 Å². The van der Waals surface area contributed by atoms with E-state index in [1.807, 2.05) is 36.5 Å². The van der Waals surface area contributed by atoms with E-state index in [1.54, 1.807) is 23.0 Å². The third kappa shape index (κ3) is 4.67. The maximum Gasteiger partial charge on any atom is 0.257 e. The molecule has 1 heterocycles. The normalized spacial score (nSPS) is 10.4. The highest BCUT2D eigenvalue weighted by Gasteiger charge is 2.06. The number of amides is 1. The van der Waals surface area contributed by atoms with Gasteiger partial charge < -0.3 is 10.1 Å². The molecular formula is C19H18FN3O2. The monoisotopic (exact) mass is 339 g/mol. The highest BCUT2D eigenvalue weighted by Crippen LogP contribution is 2.14. The van der Waals surface area contributed by atoms with Gasteiger partial charge in [-0.1, -0.05) is 30.3 Å². The number of hydrogen-bond acceptors (Lipinski definition) is 3. The lowest BCUT2D eigenvalue weighted by Crippen LogP contribution is -2.30. The average Bonchev–Trinajstić information content (AvgIpc) is 3.11. The van der Waals surface area contributed by atoms with E-state index >= 15 is 0 Å². The number of para-hydroxylation sites is 2. The van der Waals surface area contributed by atoms with Crippen LogP contribution in [0.2, 0.25) is 0 Å². The number of rotatable bonds is 7. The van der Waals surface area contributed by atoms with Gasteiger partial charge in [0.1, 0.15) is 0 Å². The first kappa shape index (κ1) is 16.7. The van der Waals surface area contributed by atoms with Gasteiger partial charge in [-0.25, -0.2) is 9.07 Å². The van der Waals surface area contributed by atoms with Gasteiger partial charge in [0, 0.05) is 12.7 Å². The second kappa shape index (κ2) is 8.10. The van der Waals surface area contributed by atoms with Gasteiger partial charge in [-0.05, 0) is 36.2 Å². The molecule has 0 aliphatic heterocycles. The van der Waals surface area contributed by atoms with E-state index in [0.717, 1.165) is 11.3 Å². The van der Waals surface area contributed by atoms with Crippen LogP contribution in [0.25, 0.3) is 5.69 Å². The van der Waals surface area contributed by atoms with Gasteiger partial charge in [0.15, 0.2) is 18.2 Å². The zero-order valence-corrected chi connectivity index (χ0v) is 13.6. The van der Waals surface area contributed by atoms with Gasteiger partial charge in [-0.2, -0.15) is 5.10 Å². The Labute approximate surface area is 145 Å². The SMILES string of the molecule is O=C(COc1ccccc1F)NCCc1cnn(-c2ccccc2)c1. The largest absolute Gasteiger partial charge is 0.481 e. The maximum absolute atomic E-state index is 13.4. The lowest BCUT2D eigenvalue weighted by molar-refractivity contribution is -0.123. The zero-order chi connectivity index (χ0) is 17.5. The van der Waals surface area contributed by atoms with E-state index in [9.17, 15) is 9.18 Å². The summed E-state index contributed by atoms with van der Waals surface area (Å²) in [6, 6.07) is 15.8. The molecule has 5 nitrogen and oxygen atoms in total. The molecule has 0 spiro atoms. The number of benzene rings is 2. The lowest BCUT2D eigenvalue weighted by atomic mass is 10.2. The number of halogens is 1. The van der Waals surface area contributed by atoms with Gasteiger partial charge in [-0.15, -0.1) is 0 Å². The first-order chi connectivity index (χ1) is 12.2. The Hall–Kier alpha value is -3.15. The summed E-state index contributed by atoms with van der Waals surface area (Å²) in [4.78, 5) is 11.8. The molecule has 0 radical (unpaired) electrons. The Morgan fingerprint density at radius 2 is 1.88 bits per heavy atom. The van der Waals surface area contributed by atoms with E-state index < -0.39 is 5.82 Å². The van der Waals surface area contributed by atoms with E-state index in [4.69, 9.17) is 4.74 Å². The topological polar surface area (TPSA) is 56.1 Å². The molecule has 0 bridgehead atoms. The third-order valence-electron chi connectivity index (χ3n) is 3.59. The van der Waals surface area contributed by atoms with E-state index in [2.05, 4.69) is 10.4 Å². The molecule has 25 heavy (non-hydrogen) atoms. The summed E-state index contributed by atoms with van der Waals surface area (Å²) < 4.78 is 20.3. The zero-order valence-electron chi connectivity index (χ0n) is 13.6. The molecule has 1 amide bonds. The number of nitrogens with zero attached hydrogens (tertiary/aromatic N) is 2. The van der Waals surface area contributed by atoms with Crippen LogP contribution in [0, 0.1) is 5.82 Å². The lowest BCUT2D eigenvalue weighted by Gasteiger charge is -2.07. The molecule has 1 N–H and O–H groups in total. The second-order valence-electron chi connectivity index (χ2n) is 5.45. The van der Waals surface area contributed by atoms with Crippen molar-refractivity contribution in [1.29, 1.82) is 0 Å². The maximum atomic E-state index is 13.4. The van der Waals surface area contributed by atoms with Crippen LogP contribution in [0.15, 0.2) is 67.0 Å². The summed E-state index contributed by atoms with van der Waals surface area (Å²) in [7, 11) is 0. The number of carbonyl (C=O) groups excluding carboxylic acids is 1. The van der Waals surface area contributed by atoms with Gasteiger partial charge >= 0.3 is 0 Å². The molecule has 0 aliphatic rings. The van der Waals surface area contributed by atoms with Crippen molar-refractivity contribution >= 4 is 5.91 Å². The Morgan fingerprint density at radius 3 is 2.68 bits per heavy atom. The second-order valence-corrected chi connectivity index (χ2v) is 5.45. The van der Waals surface area contributed by atoms with E-state index in [1.165, 1.54) is 12.1 Å². The first-order valence-electron chi connectivity index (χ1n) is 7.95. The fourth-order valence-electron chi connectivity index (χ4n) is 2.31. The van der Waals surface area contributed by atoms with Gasteiger partial charge in [0.2, 0.25) is 0 Å². The molecule has 3 rings (SSSR count). The Morgan fingerprint density at radius 1 is 1.12 bits per heavy atom. The average molecular weight is 339 g/mol. The molecule has 0 fully saturated rings. The van der Waals surface area contributed by atoms with E-state index in [-0.39, 0.29) is 18.3 Å². The van der Waals surface area contributed by atoms with Crippen LogP contribution in [-0.4, -0.2) is 28.8 Å². The molecule has 128 valence electrons. The number of hydrogen-bond donors (Lipinski definition) is 1. The molecule has 0 aliphatic carbocycles. The van der Waals surface area contributed by atoms with Crippen molar-refractivity contribution in [3.05, 3.63) is 78.4 Å². The standard InChI is InChI=1S/C19H18FN3O2/c20-17-8-4-5-9-18(17)25-14-19(24)21-11-10-15-12-22-23(13-15)16-6-2-1-3-7-16/h1-9,12-13H,10-11,14H2,(H,21,24). The Bertz CT molecular complexity index is 833. The quantitative estimate of drug-likeness (QED) is 0.720. The summed E-state index contributed by atoms with van der Waals surface area (Å²) in [5.41, 5.74) is 2.00. The summed E-state index contributed by atoms with van der Waals surface area (Å²) in [6.07, 6.45) is 4.35. The van der Waals surface area contributed by atoms with Gasteiger partial charge in [-0.3, -0.25) is 4.79 Å². The highest BCUT2D eigenvalue weighted by molar-refractivity contribution is 5.77. The highest BCUT2D eigenvalue weighted by atomic mass is 19.1. The minimum Gasteiger partial charge on any atom is -0.481 e. The van der Waals surface area contributed by atoms with Crippen LogP contribution in [0.5, 0.6) is 5.75 Å². The van der Waals surface area contributed by atoms with Gasteiger partial charge in [0.25, 0.3) is 5.91 Å². The van der Waals surface area contributed by atoms with Crippen LogP contribution in [-0.2, 0) is 11.2 Å². The predicted molar refractivity (Wildman–Crippen MR) is 92.2 cm³/mol. The fraction of sp³-hybridized carbons (Fsp3) is 0.158.